The first-order valence-corrected chi connectivity index (χ1v) is 5.44. The molecule has 11 heavy (non-hydrogen) atoms. The summed E-state index contributed by atoms with van der Waals surface area (Å²) in [6, 6.07) is 0. The van der Waals surface area contributed by atoms with E-state index in [1.165, 1.54) is 0 Å². The van der Waals surface area contributed by atoms with Crippen LogP contribution in [0.4, 0.5) is 0 Å². The highest BCUT2D eigenvalue weighted by atomic mass is 31.2. The average Bonchev–Trinajstić information content (AvgIpc) is 1.86. The summed E-state index contributed by atoms with van der Waals surface area (Å²) in [7, 11) is -4.41. The molecule has 0 aromatic carbocycles. The summed E-state index contributed by atoms with van der Waals surface area (Å²) >= 11 is 0. The van der Waals surface area contributed by atoms with Crippen LogP contribution in [0, 0.1) is 0 Å². The Bertz CT molecular complexity index is 145. The predicted molar refractivity (Wildman–Crippen MR) is 38.4 cm³/mol. The molecule has 0 aromatic heterocycles. The molecule has 0 bridgehead atoms. The van der Waals surface area contributed by atoms with Gasteiger partial charge in [0.1, 0.15) is 5.78 Å². The van der Waals surface area contributed by atoms with Crippen molar-refractivity contribution in [1.82, 2.24) is 0 Å². The maximum atomic E-state index is 10.3. The Morgan fingerprint density at radius 2 is 2.00 bits per heavy atom. The molecule has 1 atom stereocenters. The van der Waals surface area contributed by atoms with Gasteiger partial charge in [-0.1, -0.05) is 19.8 Å². The summed E-state index contributed by atoms with van der Waals surface area (Å²) in [6.07, 6.45) is 3.16. The maximum absolute atomic E-state index is 10.3. The van der Waals surface area contributed by atoms with Gasteiger partial charge in [0.2, 0.25) is 0 Å². The van der Waals surface area contributed by atoms with E-state index in [2.05, 4.69) is 5.73 Å². The second kappa shape index (κ2) is 4.88. The fourth-order valence-corrected chi connectivity index (χ4v) is 1.29. The summed E-state index contributed by atoms with van der Waals surface area (Å²) in [5.74, 6) is -0.936. The van der Waals surface area contributed by atoms with Gasteiger partial charge in [-0.25, -0.2) is 0 Å². The predicted octanol–water partition coefficient (Wildman–Crippen LogP) is -0.952. The van der Waals surface area contributed by atoms with Gasteiger partial charge in [-0.3, -0.25) is 0 Å². The lowest BCUT2D eigenvalue weighted by molar-refractivity contribution is -0.430. The van der Waals surface area contributed by atoms with Crippen LogP contribution < -0.4 is 15.5 Å². The molecule has 0 radical (unpaired) electrons. The average molecular weight is 180 g/mol. The van der Waals surface area contributed by atoms with E-state index in [1.807, 2.05) is 6.92 Å². The molecular weight excluding hydrogens is 165 g/mol. The highest BCUT2D eigenvalue weighted by Crippen LogP contribution is 2.29. The van der Waals surface area contributed by atoms with E-state index in [4.69, 9.17) is 0 Å². The van der Waals surface area contributed by atoms with Crippen LogP contribution in [-0.2, 0) is 4.57 Å². The second-order valence-electron chi connectivity index (χ2n) is 2.69. The van der Waals surface area contributed by atoms with E-state index in [0.29, 0.717) is 6.42 Å². The Morgan fingerprint density at radius 3 is 2.36 bits per heavy atom. The summed E-state index contributed by atoms with van der Waals surface area (Å²) in [6.45, 7) is 2.02. The van der Waals surface area contributed by atoms with E-state index in [0.717, 1.165) is 19.3 Å². The lowest BCUT2D eigenvalue weighted by atomic mass is 10.2. The minimum Gasteiger partial charge on any atom is -0.807 e. The Labute approximate surface area is 67.0 Å². The molecule has 4 nitrogen and oxygen atoms in total. The molecule has 0 amide bonds. The normalized spacial score (nSPS) is 14.9. The molecular formula is C6H15NO3P-. The largest absolute Gasteiger partial charge is 0.807 e. The van der Waals surface area contributed by atoms with Crippen molar-refractivity contribution in [1.29, 1.82) is 0 Å². The maximum Gasteiger partial charge on any atom is 0.110 e. The first-order valence-electron chi connectivity index (χ1n) is 3.83. The van der Waals surface area contributed by atoms with Gasteiger partial charge < -0.3 is 20.1 Å². The first-order chi connectivity index (χ1) is 4.98. The van der Waals surface area contributed by atoms with Gasteiger partial charge >= 0.3 is 0 Å². The zero-order valence-corrected chi connectivity index (χ0v) is 7.68. The van der Waals surface area contributed by atoms with Gasteiger partial charge in [0.25, 0.3) is 0 Å². The van der Waals surface area contributed by atoms with Gasteiger partial charge in [-0.05, 0) is 14.0 Å². The molecule has 5 heteroatoms. The SMILES string of the molecule is CCCCCC([NH3+])P(=O)([O-])[O-]. The quantitative estimate of drug-likeness (QED) is 0.436. The monoisotopic (exact) mass is 180 g/mol. The van der Waals surface area contributed by atoms with Crippen LogP contribution >= 0.6 is 7.60 Å². The lowest BCUT2D eigenvalue weighted by Crippen LogP contribution is -2.63. The first kappa shape index (κ1) is 11.1. The van der Waals surface area contributed by atoms with Crippen molar-refractivity contribution in [2.24, 2.45) is 0 Å². The van der Waals surface area contributed by atoms with Crippen LogP contribution in [0.1, 0.15) is 32.6 Å². The number of hydrogen-bond donors (Lipinski definition) is 1. The molecule has 0 heterocycles. The third kappa shape index (κ3) is 5.39. The fourth-order valence-electron chi connectivity index (χ4n) is 0.788. The van der Waals surface area contributed by atoms with Crippen LogP contribution in [0.3, 0.4) is 0 Å². The Kier molecular flexibility index (Phi) is 4.93. The number of quaternary nitrogens is 1. The van der Waals surface area contributed by atoms with Crippen LogP contribution in [0.2, 0.25) is 0 Å². The molecule has 3 N–H and O–H groups in total. The summed E-state index contributed by atoms with van der Waals surface area (Å²) in [5, 5.41) is 0. The van der Waals surface area contributed by atoms with Crippen molar-refractivity contribution in [2.75, 3.05) is 0 Å². The Morgan fingerprint density at radius 1 is 1.45 bits per heavy atom. The van der Waals surface area contributed by atoms with Gasteiger partial charge in [-0.2, -0.15) is 0 Å². The van der Waals surface area contributed by atoms with Crippen molar-refractivity contribution < 1.29 is 20.1 Å². The van der Waals surface area contributed by atoms with E-state index in [9.17, 15) is 14.4 Å². The molecule has 0 aliphatic heterocycles. The van der Waals surface area contributed by atoms with Crippen molar-refractivity contribution in [2.45, 2.75) is 38.4 Å². The third-order valence-corrected chi connectivity index (χ3v) is 2.74. The van der Waals surface area contributed by atoms with Crippen molar-refractivity contribution in [3.05, 3.63) is 0 Å². The third-order valence-electron chi connectivity index (χ3n) is 1.59. The molecule has 0 aliphatic carbocycles. The molecule has 1 unspecified atom stereocenters. The van der Waals surface area contributed by atoms with Crippen LogP contribution in [-0.4, -0.2) is 5.78 Å². The topological polar surface area (TPSA) is 90.8 Å². The molecule has 68 valence electrons. The molecule has 0 saturated carbocycles. The Balaban J connectivity index is 3.53. The molecule has 0 rings (SSSR count). The minimum atomic E-state index is -4.41. The van der Waals surface area contributed by atoms with Crippen LogP contribution in [0.25, 0.3) is 0 Å². The molecule has 0 saturated heterocycles. The van der Waals surface area contributed by atoms with Crippen molar-refractivity contribution in [3.8, 4) is 0 Å². The number of rotatable bonds is 5. The zero-order chi connectivity index (χ0) is 8.91. The van der Waals surface area contributed by atoms with Crippen molar-refractivity contribution >= 4 is 7.60 Å². The Hall–Kier alpha value is 0.110. The van der Waals surface area contributed by atoms with Crippen LogP contribution in [0.15, 0.2) is 0 Å². The van der Waals surface area contributed by atoms with Gasteiger partial charge in [-0.15, -0.1) is 0 Å². The van der Waals surface area contributed by atoms with E-state index in [1.54, 1.807) is 0 Å². The van der Waals surface area contributed by atoms with Crippen molar-refractivity contribution in [3.63, 3.8) is 0 Å². The standard InChI is InChI=1S/C6H16NO3P/c1-2-3-4-5-6(7)11(8,9)10/h6H,2-5,7H2,1H3,(H2,8,9,10)/p-1. The van der Waals surface area contributed by atoms with Gasteiger partial charge in [0.15, 0.2) is 0 Å². The van der Waals surface area contributed by atoms with Gasteiger partial charge in [0, 0.05) is 6.42 Å². The second-order valence-corrected chi connectivity index (χ2v) is 4.50. The highest BCUT2D eigenvalue weighted by Gasteiger charge is 2.08. The van der Waals surface area contributed by atoms with E-state index < -0.39 is 13.4 Å². The summed E-state index contributed by atoms with van der Waals surface area (Å²) in [5.41, 5.74) is 3.29. The van der Waals surface area contributed by atoms with E-state index in [-0.39, 0.29) is 0 Å². The molecule has 0 aromatic rings. The molecule has 0 spiro atoms. The zero-order valence-electron chi connectivity index (χ0n) is 6.78. The fraction of sp³-hybridized carbons (Fsp3) is 1.00. The minimum absolute atomic E-state index is 0.401. The lowest BCUT2D eigenvalue weighted by Gasteiger charge is -2.32. The molecule has 0 fully saturated rings. The smallest absolute Gasteiger partial charge is 0.110 e. The number of hydrogen-bond acceptors (Lipinski definition) is 3. The van der Waals surface area contributed by atoms with Crippen LogP contribution in [0.5, 0.6) is 0 Å². The van der Waals surface area contributed by atoms with E-state index >= 15 is 0 Å². The number of unbranched alkanes of at least 4 members (excludes halogenated alkanes) is 2. The van der Waals surface area contributed by atoms with Gasteiger partial charge in [0.05, 0.1) is 0 Å². The summed E-state index contributed by atoms with van der Waals surface area (Å²) < 4.78 is 10.3. The highest BCUT2D eigenvalue weighted by molar-refractivity contribution is 7.49. The summed E-state index contributed by atoms with van der Waals surface area (Å²) in [4.78, 5) is 20.7. The molecule has 0 aliphatic rings.